The maximum absolute atomic E-state index is 12.2. The number of nitrogens with two attached hydrogens (primary N) is 1. The van der Waals surface area contributed by atoms with E-state index in [-0.39, 0.29) is 11.9 Å². The van der Waals surface area contributed by atoms with Gasteiger partial charge < -0.3 is 10.5 Å². The highest BCUT2D eigenvalue weighted by atomic mass is 16.6. The molecule has 0 aliphatic carbocycles. The fraction of sp³-hybridized carbons (Fsp3) is 0.588. The lowest BCUT2D eigenvalue weighted by Gasteiger charge is -2.24. The zero-order valence-corrected chi connectivity index (χ0v) is 13.5. The summed E-state index contributed by atoms with van der Waals surface area (Å²) in [5, 5.41) is 0. The zero-order valence-electron chi connectivity index (χ0n) is 13.5. The maximum atomic E-state index is 12.2. The van der Waals surface area contributed by atoms with Crippen LogP contribution in [0.4, 0.5) is 0 Å². The van der Waals surface area contributed by atoms with E-state index in [1.807, 2.05) is 20.8 Å². The van der Waals surface area contributed by atoms with Gasteiger partial charge in [0, 0.05) is 6.54 Å². The molecule has 20 heavy (non-hydrogen) atoms. The van der Waals surface area contributed by atoms with E-state index in [1.165, 1.54) is 22.3 Å². The van der Waals surface area contributed by atoms with Crippen molar-refractivity contribution >= 4 is 5.97 Å². The number of hydrogen-bond donors (Lipinski definition) is 1. The predicted octanol–water partition coefficient (Wildman–Crippen LogP) is 3.07. The highest BCUT2D eigenvalue weighted by molar-refractivity contribution is 5.73. The molecule has 1 atom stereocenters. The average molecular weight is 277 g/mol. The fourth-order valence-electron chi connectivity index (χ4n) is 2.43. The van der Waals surface area contributed by atoms with E-state index in [9.17, 15) is 4.79 Å². The molecule has 0 bridgehead atoms. The summed E-state index contributed by atoms with van der Waals surface area (Å²) in [7, 11) is 0. The average Bonchev–Trinajstić information content (AvgIpc) is 2.25. The van der Waals surface area contributed by atoms with Crippen LogP contribution in [0.5, 0.6) is 0 Å². The molecule has 1 unspecified atom stereocenters. The number of carbonyl (C=O) groups is 1. The van der Waals surface area contributed by atoms with Gasteiger partial charge in [0.15, 0.2) is 0 Å². The quantitative estimate of drug-likeness (QED) is 0.861. The van der Waals surface area contributed by atoms with Crippen molar-refractivity contribution in [3.8, 4) is 0 Å². The third kappa shape index (κ3) is 4.64. The SMILES string of the molecule is Cc1cc(C)c(CC(CN)C(=O)OC(C)(C)C)c(C)c1. The topological polar surface area (TPSA) is 52.3 Å². The minimum absolute atomic E-state index is 0.209. The summed E-state index contributed by atoms with van der Waals surface area (Å²) in [5.74, 6) is -0.492. The maximum Gasteiger partial charge on any atom is 0.311 e. The molecule has 3 heteroatoms. The number of aryl methyl sites for hydroxylation is 3. The van der Waals surface area contributed by atoms with Crippen molar-refractivity contribution < 1.29 is 9.53 Å². The Kier molecular flexibility index (Phi) is 5.35. The summed E-state index contributed by atoms with van der Waals surface area (Å²) in [6.45, 7) is 12.2. The van der Waals surface area contributed by atoms with Crippen LogP contribution >= 0.6 is 0 Å². The number of rotatable bonds is 4. The molecule has 0 saturated heterocycles. The standard InChI is InChI=1S/C17H27NO2/c1-11-7-12(2)15(13(3)8-11)9-14(10-18)16(19)20-17(4,5)6/h7-8,14H,9-10,18H2,1-6H3. The van der Waals surface area contributed by atoms with Gasteiger partial charge in [-0.15, -0.1) is 0 Å². The van der Waals surface area contributed by atoms with Crippen molar-refractivity contribution in [2.75, 3.05) is 6.54 Å². The first-order valence-electron chi connectivity index (χ1n) is 7.13. The molecule has 0 radical (unpaired) electrons. The molecule has 2 N–H and O–H groups in total. The molecule has 0 aromatic heterocycles. The van der Waals surface area contributed by atoms with Gasteiger partial charge in [0.25, 0.3) is 0 Å². The van der Waals surface area contributed by atoms with E-state index in [2.05, 4.69) is 32.9 Å². The van der Waals surface area contributed by atoms with Crippen LogP contribution < -0.4 is 5.73 Å². The van der Waals surface area contributed by atoms with Crippen LogP contribution in [0.1, 0.15) is 43.0 Å². The van der Waals surface area contributed by atoms with Crippen molar-refractivity contribution in [2.24, 2.45) is 11.7 Å². The summed E-state index contributed by atoms with van der Waals surface area (Å²) in [5.41, 5.74) is 10.2. The smallest absolute Gasteiger partial charge is 0.311 e. The van der Waals surface area contributed by atoms with Gasteiger partial charge in [-0.25, -0.2) is 0 Å². The molecule has 0 aliphatic rings. The molecule has 0 saturated carbocycles. The second-order valence-corrected chi connectivity index (χ2v) is 6.55. The largest absolute Gasteiger partial charge is 0.460 e. The van der Waals surface area contributed by atoms with Crippen molar-refractivity contribution in [1.29, 1.82) is 0 Å². The Bertz CT molecular complexity index is 463. The second kappa shape index (κ2) is 6.40. The van der Waals surface area contributed by atoms with Gasteiger partial charge >= 0.3 is 5.97 Å². The molecule has 1 rings (SSSR count). The molecule has 0 fully saturated rings. The molecule has 0 aliphatic heterocycles. The van der Waals surface area contributed by atoms with Crippen LogP contribution in [0.25, 0.3) is 0 Å². The third-order valence-electron chi connectivity index (χ3n) is 3.32. The minimum Gasteiger partial charge on any atom is -0.460 e. The molecule has 1 aromatic rings. The van der Waals surface area contributed by atoms with E-state index >= 15 is 0 Å². The lowest BCUT2D eigenvalue weighted by molar-refractivity contribution is -0.159. The third-order valence-corrected chi connectivity index (χ3v) is 3.32. The van der Waals surface area contributed by atoms with Crippen LogP contribution in [-0.4, -0.2) is 18.1 Å². The van der Waals surface area contributed by atoms with E-state index in [1.54, 1.807) is 0 Å². The molecule has 112 valence electrons. The number of benzene rings is 1. The number of carbonyl (C=O) groups excluding carboxylic acids is 1. The highest BCUT2D eigenvalue weighted by Crippen LogP contribution is 2.21. The van der Waals surface area contributed by atoms with Gasteiger partial charge in [0.2, 0.25) is 0 Å². The van der Waals surface area contributed by atoms with Crippen LogP contribution in [0.3, 0.4) is 0 Å². The monoisotopic (exact) mass is 277 g/mol. The normalized spacial score (nSPS) is 13.2. The van der Waals surface area contributed by atoms with Gasteiger partial charge in [-0.05, 0) is 64.7 Å². The summed E-state index contributed by atoms with van der Waals surface area (Å²) in [6, 6.07) is 4.29. The molecular weight excluding hydrogens is 250 g/mol. The van der Waals surface area contributed by atoms with E-state index in [0.29, 0.717) is 13.0 Å². The summed E-state index contributed by atoms with van der Waals surface area (Å²) in [6.07, 6.45) is 0.642. The van der Waals surface area contributed by atoms with Crippen LogP contribution in [0.2, 0.25) is 0 Å². The Hall–Kier alpha value is -1.35. The van der Waals surface area contributed by atoms with Gasteiger partial charge in [0.05, 0.1) is 5.92 Å². The Morgan fingerprint density at radius 2 is 1.70 bits per heavy atom. The first-order chi connectivity index (χ1) is 9.14. The van der Waals surface area contributed by atoms with Gasteiger partial charge in [-0.1, -0.05) is 17.7 Å². The van der Waals surface area contributed by atoms with Crippen LogP contribution in [-0.2, 0) is 16.0 Å². The Labute approximate surface area is 122 Å². The van der Waals surface area contributed by atoms with Crippen LogP contribution in [0.15, 0.2) is 12.1 Å². The van der Waals surface area contributed by atoms with E-state index in [0.717, 1.165) is 0 Å². The fourth-order valence-corrected chi connectivity index (χ4v) is 2.43. The molecule has 3 nitrogen and oxygen atoms in total. The van der Waals surface area contributed by atoms with E-state index < -0.39 is 5.60 Å². The van der Waals surface area contributed by atoms with Crippen molar-refractivity contribution in [2.45, 2.75) is 53.6 Å². The second-order valence-electron chi connectivity index (χ2n) is 6.55. The van der Waals surface area contributed by atoms with Crippen molar-refractivity contribution in [1.82, 2.24) is 0 Å². The van der Waals surface area contributed by atoms with Crippen LogP contribution in [0, 0.1) is 26.7 Å². The summed E-state index contributed by atoms with van der Waals surface area (Å²) in [4.78, 5) is 12.2. The molecule has 0 heterocycles. The number of hydrogen-bond acceptors (Lipinski definition) is 3. The Morgan fingerprint density at radius 1 is 1.20 bits per heavy atom. The molecule has 0 amide bonds. The molecular formula is C17H27NO2. The van der Waals surface area contributed by atoms with Crippen molar-refractivity contribution in [3.05, 3.63) is 34.4 Å². The number of esters is 1. The Balaban J connectivity index is 2.92. The lowest BCUT2D eigenvalue weighted by atomic mass is 9.91. The number of ether oxygens (including phenoxy) is 1. The van der Waals surface area contributed by atoms with Gasteiger partial charge in [-0.2, -0.15) is 0 Å². The molecule has 0 spiro atoms. The van der Waals surface area contributed by atoms with Gasteiger partial charge in [0.1, 0.15) is 5.60 Å². The lowest BCUT2D eigenvalue weighted by Crippen LogP contribution is -2.33. The first kappa shape index (κ1) is 16.7. The Morgan fingerprint density at radius 3 is 2.10 bits per heavy atom. The van der Waals surface area contributed by atoms with E-state index in [4.69, 9.17) is 10.5 Å². The summed E-state index contributed by atoms with van der Waals surface area (Å²) >= 11 is 0. The van der Waals surface area contributed by atoms with Crippen molar-refractivity contribution in [3.63, 3.8) is 0 Å². The van der Waals surface area contributed by atoms with Gasteiger partial charge in [-0.3, -0.25) is 4.79 Å². The predicted molar refractivity (Wildman–Crippen MR) is 82.7 cm³/mol. The molecule has 1 aromatic carbocycles. The zero-order chi connectivity index (χ0) is 15.5. The minimum atomic E-state index is -0.470. The highest BCUT2D eigenvalue weighted by Gasteiger charge is 2.25. The summed E-state index contributed by atoms with van der Waals surface area (Å²) < 4.78 is 5.45. The first-order valence-corrected chi connectivity index (χ1v) is 7.13.